The summed E-state index contributed by atoms with van der Waals surface area (Å²) in [5.41, 5.74) is 2.63. The smallest absolute Gasteiger partial charge is 0.185 e. The number of ether oxygens (including phenoxy) is 2. The summed E-state index contributed by atoms with van der Waals surface area (Å²) in [6.45, 7) is 4.25. The zero-order chi connectivity index (χ0) is 17.7. The summed E-state index contributed by atoms with van der Waals surface area (Å²) in [4.78, 5) is 12.3. The lowest BCUT2D eigenvalue weighted by molar-refractivity contribution is 0.104. The minimum Gasteiger partial charge on any atom is -0.493 e. The maximum absolute atomic E-state index is 12.3. The van der Waals surface area contributed by atoms with Crippen molar-refractivity contribution < 1.29 is 14.3 Å². The molecule has 4 heteroatoms. The van der Waals surface area contributed by atoms with Gasteiger partial charge in [-0.3, -0.25) is 4.79 Å². The summed E-state index contributed by atoms with van der Waals surface area (Å²) < 4.78 is 10.5. The lowest BCUT2D eigenvalue weighted by Crippen LogP contribution is -1.96. The Labute approximate surface area is 147 Å². The SMILES string of the molecule is COc1cc(/C=C/C(=O)c2ccc(C(C)C)cc2)cc(Cl)c1OC. The molecule has 0 atom stereocenters. The molecule has 0 saturated heterocycles. The van der Waals surface area contributed by atoms with Crippen LogP contribution in [-0.4, -0.2) is 20.0 Å². The first kappa shape index (κ1) is 18.1. The van der Waals surface area contributed by atoms with Gasteiger partial charge in [-0.15, -0.1) is 0 Å². The molecule has 0 heterocycles. The molecule has 0 unspecified atom stereocenters. The van der Waals surface area contributed by atoms with Crippen molar-refractivity contribution >= 4 is 23.5 Å². The first-order valence-corrected chi connectivity index (χ1v) is 8.08. The molecular formula is C20H21ClO3. The molecule has 0 aromatic heterocycles. The lowest BCUT2D eigenvalue weighted by atomic mass is 10.0. The average Bonchev–Trinajstić information content (AvgIpc) is 2.59. The maximum atomic E-state index is 12.3. The number of hydrogen-bond acceptors (Lipinski definition) is 3. The molecule has 0 aliphatic carbocycles. The summed E-state index contributed by atoms with van der Waals surface area (Å²) >= 11 is 6.17. The average molecular weight is 345 g/mol. The van der Waals surface area contributed by atoms with Crippen molar-refractivity contribution in [3.63, 3.8) is 0 Å². The zero-order valence-electron chi connectivity index (χ0n) is 14.3. The van der Waals surface area contributed by atoms with Crippen molar-refractivity contribution in [2.75, 3.05) is 14.2 Å². The molecule has 0 spiro atoms. The molecule has 2 rings (SSSR count). The van der Waals surface area contributed by atoms with Gasteiger partial charge in [-0.2, -0.15) is 0 Å². The number of halogens is 1. The molecule has 2 aromatic rings. The van der Waals surface area contributed by atoms with E-state index in [2.05, 4.69) is 13.8 Å². The van der Waals surface area contributed by atoms with E-state index < -0.39 is 0 Å². The van der Waals surface area contributed by atoms with Gasteiger partial charge in [0.1, 0.15) is 0 Å². The zero-order valence-corrected chi connectivity index (χ0v) is 15.1. The quantitative estimate of drug-likeness (QED) is 0.521. The van der Waals surface area contributed by atoms with Gasteiger partial charge in [0.2, 0.25) is 0 Å². The number of methoxy groups -OCH3 is 2. The van der Waals surface area contributed by atoms with Gasteiger partial charge in [-0.1, -0.05) is 55.8 Å². The van der Waals surface area contributed by atoms with E-state index in [1.807, 2.05) is 24.3 Å². The summed E-state index contributed by atoms with van der Waals surface area (Å²) in [6.07, 6.45) is 3.24. The number of ketones is 1. The monoisotopic (exact) mass is 344 g/mol. The Morgan fingerprint density at radius 3 is 2.29 bits per heavy atom. The van der Waals surface area contributed by atoms with Gasteiger partial charge in [0, 0.05) is 5.56 Å². The van der Waals surface area contributed by atoms with Gasteiger partial charge in [0.25, 0.3) is 0 Å². The maximum Gasteiger partial charge on any atom is 0.185 e. The van der Waals surface area contributed by atoms with Crippen LogP contribution in [0.5, 0.6) is 11.5 Å². The van der Waals surface area contributed by atoms with Gasteiger partial charge < -0.3 is 9.47 Å². The largest absolute Gasteiger partial charge is 0.493 e. The van der Waals surface area contributed by atoms with Crippen LogP contribution in [0.25, 0.3) is 6.08 Å². The van der Waals surface area contributed by atoms with E-state index in [1.54, 1.807) is 25.3 Å². The first-order chi connectivity index (χ1) is 11.5. The molecular weight excluding hydrogens is 324 g/mol. The third kappa shape index (κ3) is 4.18. The second-order valence-corrected chi connectivity index (χ2v) is 6.12. The second kappa shape index (κ2) is 8.02. The Morgan fingerprint density at radius 1 is 1.08 bits per heavy atom. The minimum absolute atomic E-state index is 0.0591. The van der Waals surface area contributed by atoms with Gasteiger partial charge in [0.05, 0.1) is 19.2 Å². The number of hydrogen-bond donors (Lipinski definition) is 0. The molecule has 0 bridgehead atoms. The Bertz CT molecular complexity index is 746. The molecule has 0 saturated carbocycles. The van der Waals surface area contributed by atoms with Gasteiger partial charge in [-0.05, 0) is 35.3 Å². The molecule has 2 aromatic carbocycles. The normalized spacial score (nSPS) is 11.1. The van der Waals surface area contributed by atoms with Crippen molar-refractivity contribution in [2.24, 2.45) is 0 Å². The van der Waals surface area contributed by atoms with E-state index in [-0.39, 0.29) is 5.78 Å². The number of benzene rings is 2. The van der Waals surface area contributed by atoms with Crippen molar-refractivity contribution in [3.8, 4) is 11.5 Å². The highest BCUT2D eigenvalue weighted by atomic mass is 35.5. The Balaban J connectivity index is 2.21. The third-order valence-electron chi connectivity index (χ3n) is 3.74. The van der Waals surface area contributed by atoms with Crippen molar-refractivity contribution in [2.45, 2.75) is 19.8 Å². The predicted octanol–water partition coefficient (Wildman–Crippen LogP) is 5.38. The molecule has 3 nitrogen and oxygen atoms in total. The van der Waals surface area contributed by atoms with Crippen LogP contribution in [0.15, 0.2) is 42.5 Å². The molecule has 126 valence electrons. The summed E-state index contributed by atoms with van der Waals surface area (Å²) in [6, 6.07) is 11.2. The fourth-order valence-corrected chi connectivity index (χ4v) is 2.63. The molecule has 24 heavy (non-hydrogen) atoms. The predicted molar refractivity (Wildman–Crippen MR) is 98.5 cm³/mol. The van der Waals surface area contributed by atoms with Crippen LogP contribution in [0.2, 0.25) is 5.02 Å². The van der Waals surface area contributed by atoms with Crippen LogP contribution in [0.1, 0.15) is 41.3 Å². The molecule has 0 aliphatic rings. The van der Waals surface area contributed by atoms with E-state index in [1.165, 1.54) is 18.7 Å². The second-order valence-electron chi connectivity index (χ2n) is 5.71. The molecule has 0 radical (unpaired) electrons. The molecule has 0 N–H and O–H groups in total. The first-order valence-electron chi connectivity index (χ1n) is 7.70. The van der Waals surface area contributed by atoms with E-state index in [0.29, 0.717) is 28.0 Å². The van der Waals surface area contributed by atoms with Gasteiger partial charge in [0.15, 0.2) is 17.3 Å². The Morgan fingerprint density at radius 2 is 1.75 bits per heavy atom. The highest BCUT2D eigenvalue weighted by Gasteiger charge is 2.10. The van der Waals surface area contributed by atoms with E-state index in [0.717, 1.165) is 5.56 Å². The number of carbonyl (C=O) groups is 1. The van der Waals surface area contributed by atoms with Crippen LogP contribution in [0, 0.1) is 0 Å². The summed E-state index contributed by atoms with van der Waals surface area (Å²) in [5.74, 6) is 1.39. The topological polar surface area (TPSA) is 35.5 Å². The van der Waals surface area contributed by atoms with Crippen LogP contribution in [0.3, 0.4) is 0 Å². The fraction of sp³-hybridized carbons (Fsp3) is 0.250. The van der Waals surface area contributed by atoms with Crippen molar-refractivity contribution in [3.05, 3.63) is 64.2 Å². The van der Waals surface area contributed by atoms with Crippen LogP contribution in [0.4, 0.5) is 0 Å². The van der Waals surface area contributed by atoms with E-state index >= 15 is 0 Å². The minimum atomic E-state index is -0.0591. The molecule has 0 amide bonds. The fourth-order valence-electron chi connectivity index (χ4n) is 2.33. The standard InChI is InChI=1S/C20H21ClO3/c1-13(2)15-6-8-16(9-7-15)18(22)10-5-14-11-17(21)20(24-4)19(12-14)23-3/h5-13H,1-4H3/b10-5+. The van der Waals surface area contributed by atoms with E-state index in [4.69, 9.17) is 21.1 Å². The highest BCUT2D eigenvalue weighted by Crippen LogP contribution is 2.36. The Kier molecular flexibility index (Phi) is 6.04. The highest BCUT2D eigenvalue weighted by molar-refractivity contribution is 6.32. The molecule has 0 aliphatic heterocycles. The summed E-state index contributed by atoms with van der Waals surface area (Å²) in [7, 11) is 3.08. The lowest BCUT2D eigenvalue weighted by Gasteiger charge is -2.10. The number of carbonyl (C=O) groups excluding carboxylic acids is 1. The summed E-state index contributed by atoms with van der Waals surface area (Å²) in [5, 5.41) is 0.435. The van der Waals surface area contributed by atoms with Crippen LogP contribution >= 0.6 is 11.6 Å². The van der Waals surface area contributed by atoms with Crippen molar-refractivity contribution in [1.82, 2.24) is 0 Å². The third-order valence-corrected chi connectivity index (χ3v) is 4.03. The van der Waals surface area contributed by atoms with Crippen LogP contribution in [-0.2, 0) is 0 Å². The van der Waals surface area contributed by atoms with Crippen LogP contribution < -0.4 is 9.47 Å². The van der Waals surface area contributed by atoms with Gasteiger partial charge in [-0.25, -0.2) is 0 Å². The van der Waals surface area contributed by atoms with E-state index in [9.17, 15) is 4.79 Å². The van der Waals surface area contributed by atoms with Gasteiger partial charge >= 0.3 is 0 Å². The number of rotatable bonds is 6. The Hall–Kier alpha value is -2.26. The molecule has 0 fully saturated rings. The number of allylic oxidation sites excluding steroid dienone is 1. The van der Waals surface area contributed by atoms with Crippen molar-refractivity contribution in [1.29, 1.82) is 0 Å².